The Balaban J connectivity index is 4.14. The lowest BCUT2D eigenvalue weighted by Gasteiger charge is -2.19. The number of carbonyl (C=O) groups excluding carboxylic acids is 2. The summed E-state index contributed by atoms with van der Waals surface area (Å²) in [7, 11) is 0. The van der Waals surface area contributed by atoms with Gasteiger partial charge in [0.25, 0.3) is 0 Å². The van der Waals surface area contributed by atoms with Crippen LogP contribution in [0.4, 0.5) is 0 Å². The Labute approximate surface area is 126 Å². The molecule has 6 heteroatoms. The van der Waals surface area contributed by atoms with Crippen molar-refractivity contribution in [1.82, 2.24) is 10.2 Å². The topological polar surface area (TPSA) is 86.7 Å². The van der Waals surface area contributed by atoms with Gasteiger partial charge in [0.2, 0.25) is 11.8 Å². The van der Waals surface area contributed by atoms with Crippen molar-refractivity contribution in [3.8, 4) is 0 Å². The van der Waals surface area contributed by atoms with Crippen LogP contribution in [0, 0.1) is 5.92 Å². The first-order valence-electron chi connectivity index (χ1n) is 7.61. The molecule has 0 fully saturated rings. The van der Waals surface area contributed by atoms with Gasteiger partial charge in [0, 0.05) is 25.9 Å². The van der Waals surface area contributed by atoms with Crippen LogP contribution in [0.25, 0.3) is 0 Å². The zero-order valence-corrected chi connectivity index (χ0v) is 13.5. The molecule has 0 saturated heterocycles. The number of nitrogens with zero attached hydrogens (tertiary/aromatic N) is 1. The normalized spacial score (nSPS) is 12.0. The van der Waals surface area contributed by atoms with E-state index in [0.717, 1.165) is 0 Å². The molecule has 0 aromatic heterocycles. The lowest BCUT2D eigenvalue weighted by atomic mass is 10.0. The number of nitrogens with one attached hydrogen (secondary N) is 1. The molecule has 0 heterocycles. The summed E-state index contributed by atoms with van der Waals surface area (Å²) in [5.41, 5.74) is 0. The third kappa shape index (κ3) is 8.32. The maximum atomic E-state index is 11.8. The highest BCUT2D eigenvalue weighted by molar-refractivity contribution is 5.84. The maximum absolute atomic E-state index is 11.8. The molecule has 0 aliphatic rings. The van der Waals surface area contributed by atoms with Crippen LogP contribution in [-0.4, -0.2) is 46.9 Å². The minimum absolute atomic E-state index is 0.0322. The Morgan fingerprint density at radius 2 is 1.67 bits per heavy atom. The number of aliphatic carboxylic acids is 1. The molecule has 122 valence electrons. The zero-order valence-electron chi connectivity index (χ0n) is 13.5. The van der Waals surface area contributed by atoms with Gasteiger partial charge < -0.3 is 15.3 Å². The molecule has 0 spiro atoms. The number of carboxylic acid groups (broad SMARTS) is 1. The fourth-order valence-corrected chi connectivity index (χ4v) is 2.09. The molecule has 6 nitrogen and oxygen atoms in total. The van der Waals surface area contributed by atoms with E-state index in [1.165, 1.54) is 0 Å². The van der Waals surface area contributed by atoms with Gasteiger partial charge in [-0.3, -0.25) is 9.59 Å². The Bertz CT molecular complexity index is 352. The van der Waals surface area contributed by atoms with Crippen molar-refractivity contribution in [2.24, 2.45) is 5.92 Å². The smallest absolute Gasteiger partial charge is 0.326 e. The number of carbonyl (C=O) groups is 3. The summed E-state index contributed by atoms with van der Waals surface area (Å²) in [4.78, 5) is 36.3. The van der Waals surface area contributed by atoms with Gasteiger partial charge in [-0.05, 0) is 32.6 Å². The van der Waals surface area contributed by atoms with E-state index in [1.54, 1.807) is 4.90 Å². The SMILES string of the molecule is CCN(CC)C(=O)CCCC(=O)NC(CC(C)C)C(=O)O. The number of carboxylic acids is 1. The summed E-state index contributed by atoms with van der Waals surface area (Å²) in [5.74, 6) is -1.10. The molecule has 0 aromatic rings. The van der Waals surface area contributed by atoms with Gasteiger partial charge in [-0.2, -0.15) is 0 Å². The van der Waals surface area contributed by atoms with Crippen molar-refractivity contribution < 1.29 is 19.5 Å². The minimum atomic E-state index is -1.02. The van der Waals surface area contributed by atoms with Crippen molar-refractivity contribution in [2.75, 3.05) is 13.1 Å². The van der Waals surface area contributed by atoms with Crippen molar-refractivity contribution in [3.63, 3.8) is 0 Å². The van der Waals surface area contributed by atoms with Crippen LogP contribution in [0.2, 0.25) is 0 Å². The fourth-order valence-electron chi connectivity index (χ4n) is 2.09. The van der Waals surface area contributed by atoms with E-state index in [0.29, 0.717) is 32.4 Å². The zero-order chi connectivity index (χ0) is 16.4. The minimum Gasteiger partial charge on any atom is -0.480 e. The van der Waals surface area contributed by atoms with Crippen LogP contribution in [-0.2, 0) is 14.4 Å². The molecule has 0 aromatic carbocycles. The van der Waals surface area contributed by atoms with Crippen molar-refractivity contribution >= 4 is 17.8 Å². The van der Waals surface area contributed by atoms with Crippen LogP contribution in [0.15, 0.2) is 0 Å². The highest BCUT2D eigenvalue weighted by atomic mass is 16.4. The maximum Gasteiger partial charge on any atom is 0.326 e. The predicted octanol–water partition coefficient (Wildman–Crippen LogP) is 1.64. The van der Waals surface area contributed by atoms with Gasteiger partial charge in [-0.25, -0.2) is 4.79 Å². The number of hydrogen-bond donors (Lipinski definition) is 2. The van der Waals surface area contributed by atoms with E-state index in [-0.39, 0.29) is 24.2 Å². The van der Waals surface area contributed by atoms with E-state index in [1.807, 2.05) is 27.7 Å². The summed E-state index contributed by atoms with van der Waals surface area (Å²) in [6, 6.07) is -0.851. The van der Waals surface area contributed by atoms with Crippen LogP contribution in [0.5, 0.6) is 0 Å². The molecule has 0 bridgehead atoms. The van der Waals surface area contributed by atoms with Crippen LogP contribution < -0.4 is 5.32 Å². The van der Waals surface area contributed by atoms with Crippen molar-refractivity contribution in [1.29, 1.82) is 0 Å². The first kappa shape index (κ1) is 19.4. The monoisotopic (exact) mass is 300 g/mol. The van der Waals surface area contributed by atoms with E-state index in [2.05, 4.69) is 5.32 Å². The van der Waals surface area contributed by atoms with Gasteiger partial charge >= 0.3 is 5.97 Å². The molecular weight excluding hydrogens is 272 g/mol. The third-order valence-electron chi connectivity index (χ3n) is 3.25. The van der Waals surface area contributed by atoms with Crippen molar-refractivity contribution in [2.45, 2.75) is 59.4 Å². The number of rotatable bonds is 10. The van der Waals surface area contributed by atoms with Gasteiger partial charge in [-0.1, -0.05) is 13.8 Å². The van der Waals surface area contributed by atoms with E-state index >= 15 is 0 Å². The second kappa shape index (κ2) is 10.2. The highest BCUT2D eigenvalue weighted by Crippen LogP contribution is 2.06. The third-order valence-corrected chi connectivity index (χ3v) is 3.25. The summed E-state index contributed by atoms with van der Waals surface area (Å²) >= 11 is 0. The van der Waals surface area contributed by atoms with Crippen LogP contribution in [0.1, 0.15) is 53.4 Å². The molecule has 0 aliphatic carbocycles. The summed E-state index contributed by atoms with van der Waals surface area (Å²) in [6.07, 6.45) is 1.33. The Morgan fingerprint density at radius 1 is 1.10 bits per heavy atom. The van der Waals surface area contributed by atoms with E-state index < -0.39 is 12.0 Å². The largest absolute Gasteiger partial charge is 0.480 e. The van der Waals surface area contributed by atoms with Gasteiger partial charge in [0.15, 0.2) is 0 Å². The average molecular weight is 300 g/mol. The summed E-state index contributed by atoms with van der Waals surface area (Å²) < 4.78 is 0. The van der Waals surface area contributed by atoms with Crippen LogP contribution >= 0.6 is 0 Å². The first-order chi connectivity index (χ1) is 9.81. The molecule has 0 aliphatic heterocycles. The number of hydrogen-bond acceptors (Lipinski definition) is 3. The van der Waals surface area contributed by atoms with Gasteiger partial charge in [0.05, 0.1) is 0 Å². The second-order valence-electron chi connectivity index (χ2n) is 5.51. The molecule has 1 atom stereocenters. The highest BCUT2D eigenvalue weighted by Gasteiger charge is 2.21. The molecule has 2 amide bonds. The van der Waals surface area contributed by atoms with E-state index in [4.69, 9.17) is 5.11 Å². The number of amides is 2. The molecule has 1 unspecified atom stereocenters. The first-order valence-corrected chi connectivity index (χ1v) is 7.61. The molecule has 2 N–H and O–H groups in total. The summed E-state index contributed by atoms with van der Waals surface area (Å²) in [6.45, 7) is 8.97. The van der Waals surface area contributed by atoms with E-state index in [9.17, 15) is 14.4 Å². The lowest BCUT2D eigenvalue weighted by molar-refractivity contribution is -0.142. The summed E-state index contributed by atoms with van der Waals surface area (Å²) in [5, 5.41) is 11.6. The fraction of sp³-hybridized carbons (Fsp3) is 0.800. The van der Waals surface area contributed by atoms with Gasteiger partial charge in [-0.15, -0.1) is 0 Å². The molecule has 0 rings (SSSR count). The lowest BCUT2D eigenvalue weighted by Crippen LogP contribution is -2.41. The standard InChI is InChI=1S/C15H28N2O4/c1-5-17(6-2)14(19)9-7-8-13(18)16-12(15(20)21)10-11(3)4/h11-12H,5-10H2,1-4H3,(H,16,18)(H,20,21). The molecular formula is C15H28N2O4. The average Bonchev–Trinajstić information content (AvgIpc) is 2.38. The van der Waals surface area contributed by atoms with Crippen molar-refractivity contribution in [3.05, 3.63) is 0 Å². The van der Waals surface area contributed by atoms with Gasteiger partial charge in [0.1, 0.15) is 6.04 Å². The van der Waals surface area contributed by atoms with Crippen LogP contribution in [0.3, 0.4) is 0 Å². The quantitative estimate of drug-likeness (QED) is 0.642. The second-order valence-corrected chi connectivity index (χ2v) is 5.51. The predicted molar refractivity (Wildman–Crippen MR) is 80.8 cm³/mol. The Morgan fingerprint density at radius 3 is 2.10 bits per heavy atom. The molecule has 0 saturated carbocycles. The molecule has 21 heavy (non-hydrogen) atoms. The molecule has 0 radical (unpaired) electrons. The Hall–Kier alpha value is -1.59. The Kier molecular flexibility index (Phi) is 9.41.